The summed E-state index contributed by atoms with van der Waals surface area (Å²) >= 11 is 0. The van der Waals surface area contributed by atoms with E-state index in [-0.39, 0.29) is 6.61 Å². The minimum Gasteiger partial charge on any atom is -0.496 e. The van der Waals surface area contributed by atoms with E-state index in [0.29, 0.717) is 6.04 Å². The van der Waals surface area contributed by atoms with Gasteiger partial charge in [0.2, 0.25) is 0 Å². The van der Waals surface area contributed by atoms with Crippen molar-refractivity contribution in [1.82, 2.24) is 9.80 Å². The monoisotopic (exact) mass is 278 g/mol. The maximum Gasteiger partial charge on any atom is 0.123 e. The molecule has 20 heavy (non-hydrogen) atoms. The van der Waals surface area contributed by atoms with E-state index in [1.807, 2.05) is 12.1 Å². The molecule has 4 heteroatoms. The van der Waals surface area contributed by atoms with Crippen molar-refractivity contribution in [3.05, 3.63) is 29.3 Å². The summed E-state index contributed by atoms with van der Waals surface area (Å²) in [6.45, 7) is 6.61. The van der Waals surface area contributed by atoms with Gasteiger partial charge < -0.3 is 14.7 Å². The van der Waals surface area contributed by atoms with Crippen LogP contribution in [0, 0.1) is 0 Å². The highest BCUT2D eigenvalue weighted by atomic mass is 16.5. The van der Waals surface area contributed by atoms with Crippen LogP contribution in [-0.2, 0) is 13.2 Å². The first-order valence-corrected chi connectivity index (χ1v) is 7.33. The lowest BCUT2D eigenvalue weighted by Gasteiger charge is -2.28. The Bertz CT molecular complexity index is 436. The van der Waals surface area contributed by atoms with Gasteiger partial charge in [-0.2, -0.15) is 0 Å². The summed E-state index contributed by atoms with van der Waals surface area (Å²) in [5.74, 6) is 0.909. The van der Waals surface area contributed by atoms with Crippen LogP contribution >= 0.6 is 0 Å². The molecule has 0 saturated carbocycles. The Kier molecular flexibility index (Phi) is 5.40. The van der Waals surface area contributed by atoms with E-state index in [2.05, 4.69) is 29.8 Å². The normalized spacial score (nSPS) is 21.7. The van der Waals surface area contributed by atoms with Gasteiger partial charge in [0.15, 0.2) is 0 Å². The van der Waals surface area contributed by atoms with Gasteiger partial charge in [-0.3, -0.25) is 4.90 Å². The second-order valence-corrected chi connectivity index (χ2v) is 5.74. The third-order valence-electron chi connectivity index (χ3n) is 4.09. The zero-order valence-electron chi connectivity index (χ0n) is 12.8. The Balaban J connectivity index is 2.15. The van der Waals surface area contributed by atoms with E-state index in [1.54, 1.807) is 7.11 Å². The van der Waals surface area contributed by atoms with Gasteiger partial charge in [0.1, 0.15) is 5.75 Å². The Labute approximate surface area is 122 Å². The zero-order valence-corrected chi connectivity index (χ0v) is 12.8. The van der Waals surface area contributed by atoms with E-state index in [9.17, 15) is 5.11 Å². The highest BCUT2D eigenvalue weighted by molar-refractivity contribution is 5.37. The fraction of sp³-hybridized carbons (Fsp3) is 0.625. The minimum absolute atomic E-state index is 0.0787. The molecule has 112 valence electrons. The van der Waals surface area contributed by atoms with Gasteiger partial charge >= 0.3 is 0 Å². The van der Waals surface area contributed by atoms with Gasteiger partial charge in [0.25, 0.3) is 0 Å². The number of aliphatic hydroxyl groups excluding tert-OH is 1. The van der Waals surface area contributed by atoms with Crippen LogP contribution in [0.4, 0.5) is 0 Å². The average Bonchev–Trinajstić information content (AvgIpc) is 2.60. The predicted octanol–water partition coefficient (Wildman–Crippen LogP) is 1.71. The molecule has 1 aliphatic rings. The third kappa shape index (κ3) is 3.72. The van der Waals surface area contributed by atoms with Crippen molar-refractivity contribution in [1.29, 1.82) is 0 Å². The Morgan fingerprint density at radius 1 is 1.35 bits per heavy atom. The lowest BCUT2D eigenvalue weighted by molar-refractivity contribution is 0.192. The van der Waals surface area contributed by atoms with Crippen LogP contribution in [0.1, 0.15) is 24.5 Å². The van der Waals surface area contributed by atoms with Crippen LogP contribution < -0.4 is 4.74 Å². The Hall–Kier alpha value is -1.10. The molecular formula is C16H26N2O2. The van der Waals surface area contributed by atoms with Crippen molar-refractivity contribution < 1.29 is 9.84 Å². The van der Waals surface area contributed by atoms with Crippen LogP contribution in [0.25, 0.3) is 0 Å². The van der Waals surface area contributed by atoms with Crippen molar-refractivity contribution in [2.24, 2.45) is 0 Å². The van der Waals surface area contributed by atoms with E-state index in [4.69, 9.17) is 4.74 Å². The number of methoxy groups -OCH3 is 1. The van der Waals surface area contributed by atoms with E-state index in [1.165, 1.54) is 6.42 Å². The van der Waals surface area contributed by atoms with Crippen molar-refractivity contribution in [3.8, 4) is 5.75 Å². The summed E-state index contributed by atoms with van der Waals surface area (Å²) in [5.41, 5.74) is 2.11. The molecule has 0 aromatic heterocycles. The second-order valence-electron chi connectivity index (χ2n) is 5.74. The molecule has 1 N–H and O–H groups in total. The number of aliphatic hydroxyl groups is 1. The first-order chi connectivity index (χ1) is 9.63. The average molecular weight is 278 g/mol. The molecule has 1 aliphatic heterocycles. The number of ether oxygens (including phenoxy) is 1. The summed E-state index contributed by atoms with van der Waals surface area (Å²) in [4.78, 5) is 4.90. The Morgan fingerprint density at radius 2 is 2.15 bits per heavy atom. The Morgan fingerprint density at radius 3 is 2.85 bits per heavy atom. The van der Waals surface area contributed by atoms with Gasteiger partial charge in [0, 0.05) is 31.2 Å². The molecule has 1 heterocycles. The molecule has 0 amide bonds. The molecular weight excluding hydrogens is 252 g/mol. The maximum absolute atomic E-state index is 9.30. The van der Waals surface area contributed by atoms with Crippen molar-refractivity contribution in [2.75, 3.05) is 33.8 Å². The highest BCUT2D eigenvalue weighted by Gasteiger charge is 2.20. The van der Waals surface area contributed by atoms with Crippen molar-refractivity contribution in [2.45, 2.75) is 32.5 Å². The van der Waals surface area contributed by atoms with Gasteiger partial charge in [-0.05, 0) is 44.6 Å². The van der Waals surface area contributed by atoms with E-state index >= 15 is 0 Å². The summed E-state index contributed by atoms with van der Waals surface area (Å²) in [5, 5.41) is 9.30. The number of nitrogens with zero attached hydrogens (tertiary/aromatic N) is 2. The molecule has 0 aliphatic carbocycles. The van der Waals surface area contributed by atoms with Gasteiger partial charge in [-0.15, -0.1) is 0 Å². The van der Waals surface area contributed by atoms with Crippen LogP contribution in [-0.4, -0.2) is 54.7 Å². The maximum atomic E-state index is 9.30. The fourth-order valence-corrected chi connectivity index (χ4v) is 2.93. The van der Waals surface area contributed by atoms with E-state index < -0.39 is 0 Å². The number of hydrogen-bond acceptors (Lipinski definition) is 4. The molecule has 0 spiro atoms. The molecule has 2 rings (SSSR count). The molecule has 1 fully saturated rings. The molecule has 1 saturated heterocycles. The summed E-state index contributed by atoms with van der Waals surface area (Å²) in [6.07, 6.45) is 1.20. The minimum atomic E-state index is 0.0787. The smallest absolute Gasteiger partial charge is 0.123 e. The van der Waals surface area contributed by atoms with Crippen molar-refractivity contribution >= 4 is 0 Å². The number of rotatable bonds is 4. The van der Waals surface area contributed by atoms with Crippen LogP contribution in [0.15, 0.2) is 18.2 Å². The number of benzene rings is 1. The number of likely N-dealkylation sites (N-methyl/N-ethyl adjacent to an activating group) is 1. The standard InChI is InChI=1S/C16H26N2O2/c1-13-10-17(2)7-4-8-18(13)11-15-9-14(12-19)5-6-16(15)20-3/h5-6,9,13,19H,4,7-8,10-12H2,1-3H3. The van der Waals surface area contributed by atoms with Crippen LogP contribution in [0.3, 0.4) is 0 Å². The molecule has 1 aromatic carbocycles. The van der Waals surface area contributed by atoms with Gasteiger partial charge in [-0.25, -0.2) is 0 Å². The second kappa shape index (κ2) is 7.07. The first kappa shape index (κ1) is 15.3. The molecule has 1 atom stereocenters. The topological polar surface area (TPSA) is 35.9 Å². The lowest BCUT2D eigenvalue weighted by atomic mass is 10.1. The molecule has 0 radical (unpaired) electrons. The SMILES string of the molecule is COc1ccc(CO)cc1CN1CCCN(C)CC1C. The first-order valence-electron chi connectivity index (χ1n) is 7.33. The summed E-state index contributed by atoms with van der Waals surface area (Å²) in [6, 6.07) is 6.46. The quantitative estimate of drug-likeness (QED) is 0.909. The highest BCUT2D eigenvalue weighted by Crippen LogP contribution is 2.23. The summed E-state index contributed by atoms with van der Waals surface area (Å²) in [7, 11) is 3.89. The third-order valence-corrected chi connectivity index (χ3v) is 4.09. The fourth-order valence-electron chi connectivity index (χ4n) is 2.93. The zero-order chi connectivity index (χ0) is 14.5. The van der Waals surface area contributed by atoms with Crippen LogP contribution in [0.5, 0.6) is 5.75 Å². The van der Waals surface area contributed by atoms with Gasteiger partial charge in [0.05, 0.1) is 13.7 Å². The number of hydrogen-bond donors (Lipinski definition) is 1. The van der Waals surface area contributed by atoms with Crippen LogP contribution in [0.2, 0.25) is 0 Å². The lowest BCUT2D eigenvalue weighted by Crippen LogP contribution is -2.37. The molecule has 1 aromatic rings. The molecule has 4 nitrogen and oxygen atoms in total. The largest absolute Gasteiger partial charge is 0.496 e. The molecule has 1 unspecified atom stereocenters. The predicted molar refractivity (Wildman–Crippen MR) is 80.9 cm³/mol. The van der Waals surface area contributed by atoms with E-state index in [0.717, 1.165) is 43.1 Å². The summed E-state index contributed by atoms with van der Waals surface area (Å²) < 4.78 is 5.46. The van der Waals surface area contributed by atoms with Gasteiger partial charge in [-0.1, -0.05) is 6.07 Å². The van der Waals surface area contributed by atoms with Crippen molar-refractivity contribution in [3.63, 3.8) is 0 Å². The molecule has 0 bridgehead atoms.